The Kier molecular flexibility index (Phi) is 7.92. The summed E-state index contributed by atoms with van der Waals surface area (Å²) in [5.74, 6) is 1.48. The van der Waals surface area contributed by atoms with Crippen LogP contribution >= 0.6 is 15.9 Å². The number of anilines is 1. The zero-order valence-corrected chi connectivity index (χ0v) is 17.6. The standard InChI is InChI=1S/C22H26BrNO3/c1-5-16(4)17-10-11-20(18(23)12-17)27-14-22(25)24-19-8-6-7-9-21(19)26-13-15(2)3/h6-12,16H,2,5,13-14H2,1,3-4H3,(H,24,25). The maximum absolute atomic E-state index is 12.3. The van der Waals surface area contributed by atoms with E-state index in [1.54, 1.807) is 6.07 Å². The van der Waals surface area contributed by atoms with Gasteiger partial charge >= 0.3 is 0 Å². The summed E-state index contributed by atoms with van der Waals surface area (Å²) in [6, 6.07) is 13.3. The quantitative estimate of drug-likeness (QED) is 0.500. The van der Waals surface area contributed by atoms with E-state index in [4.69, 9.17) is 9.47 Å². The van der Waals surface area contributed by atoms with Crippen molar-refractivity contribution in [2.75, 3.05) is 18.5 Å². The summed E-state index contributed by atoms with van der Waals surface area (Å²) in [6.45, 7) is 10.4. The third kappa shape index (κ3) is 6.43. The Hall–Kier alpha value is -2.27. The maximum atomic E-state index is 12.3. The number of hydrogen-bond acceptors (Lipinski definition) is 3. The summed E-state index contributed by atoms with van der Waals surface area (Å²) in [7, 11) is 0. The molecule has 1 N–H and O–H groups in total. The van der Waals surface area contributed by atoms with Crippen LogP contribution in [-0.2, 0) is 4.79 Å². The number of nitrogens with one attached hydrogen (secondary N) is 1. The van der Waals surface area contributed by atoms with Gasteiger partial charge in [-0.1, -0.05) is 38.6 Å². The fraction of sp³-hybridized carbons (Fsp3) is 0.318. The second kappa shape index (κ2) is 10.2. The van der Waals surface area contributed by atoms with Crippen LogP contribution in [-0.4, -0.2) is 19.1 Å². The molecule has 0 aliphatic carbocycles. The van der Waals surface area contributed by atoms with Crippen molar-refractivity contribution < 1.29 is 14.3 Å². The zero-order chi connectivity index (χ0) is 19.8. The maximum Gasteiger partial charge on any atom is 0.262 e. The molecule has 2 aromatic rings. The van der Waals surface area contributed by atoms with E-state index in [2.05, 4.69) is 41.7 Å². The predicted octanol–water partition coefficient (Wildman–Crippen LogP) is 5.94. The molecule has 27 heavy (non-hydrogen) atoms. The van der Waals surface area contributed by atoms with Gasteiger partial charge in [0.1, 0.15) is 18.1 Å². The minimum absolute atomic E-state index is 0.0872. The number of amides is 1. The lowest BCUT2D eigenvalue weighted by molar-refractivity contribution is -0.118. The average molecular weight is 432 g/mol. The third-order valence-electron chi connectivity index (χ3n) is 4.13. The highest BCUT2D eigenvalue weighted by atomic mass is 79.9. The number of para-hydroxylation sites is 2. The third-order valence-corrected chi connectivity index (χ3v) is 4.75. The first-order valence-corrected chi connectivity index (χ1v) is 9.78. The molecular weight excluding hydrogens is 406 g/mol. The van der Waals surface area contributed by atoms with Crippen LogP contribution in [0.4, 0.5) is 5.69 Å². The Balaban J connectivity index is 1.96. The van der Waals surface area contributed by atoms with Crippen molar-refractivity contribution in [1.29, 1.82) is 0 Å². The largest absolute Gasteiger partial charge is 0.487 e. The Morgan fingerprint density at radius 1 is 1.15 bits per heavy atom. The Morgan fingerprint density at radius 2 is 1.85 bits per heavy atom. The van der Waals surface area contributed by atoms with Crippen LogP contribution in [0, 0.1) is 0 Å². The van der Waals surface area contributed by atoms with E-state index in [0.717, 1.165) is 16.5 Å². The van der Waals surface area contributed by atoms with Gasteiger partial charge in [0, 0.05) is 0 Å². The Labute approximate surface area is 169 Å². The molecule has 4 nitrogen and oxygen atoms in total. The summed E-state index contributed by atoms with van der Waals surface area (Å²) in [5, 5.41) is 2.83. The van der Waals surface area contributed by atoms with E-state index < -0.39 is 0 Å². The molecule has 0 radical (unpaired) electrons. The van der Waals surface area contributed by atoms with E-state index in [1.807, 2.05) is 43.3 Å². The minimum Gasteiger partial charge on any atom is -0.487 e. The highest BCUT2D eigenvalue weighted by Gasteiger charge is 2.11. The van der Waals surface area contributed by atoms with Crippen LogP contribution in [0.25, 0.3) is 0 Å². The number of carbonyl (C=O) groups excluding carboxylic acids is 1. The van der Waals surface area contributed by atoms with Crippen molar-refractivity contribution in [3.63, 3.8) is 0 Å². The topological polar surface area (TPSA) is 47.6 Å². The highest BCUT2D eigenvalue weighted by molar-refractivity contribution is 9.10. The molecule has 1 unspecified atom stereocenters. The summed E-state index contributed by atoms with van der Waals surface area (Å²) in [5.41, 5.74) is 2.76. The van der Waals surface area contributed by atoms with Crippen molar-refractivity contribution in [2.24, 2.45) is 0 Å². The van der Waals surface area contributed by atoms with Crippen LogP contribution in [0.15, 0.2) is 59.1 Å². The molecule has 0 spiro atoms. The van der Waals surface area contributed by atoms with Crippen molar-refractivity contribution in [3.05, 3.63) is 64.7 Å². The van der Waals surface area contributed by atoms with Gasteiger partial charge in [-0.25, -0.2) is 0 Å². The van der Waals surface area contributed by atoms with Gasteiger partial charge < -0.3 is 14.8 Å². The predicted molar refractivity (Wildman–Crippen MR) is 114 cm³/mol. The normalized spacial score (nSPS) is 11.6. The van der Waals surface area contributed by atoms with Gasteiger partial charge in [-0.05, 0) is 70.6 Å². The van der Waals surface area contributed by atoms with Crippen molar-refractivity contribution in [3.8, 4) is 11.5 Å². The van der Waals surface area contributed by atoms with Gasteiger partial charge in [-0.3, -0.25) is 4.79 Å². The zero-order valence-electron chi connectivity index (χ0n) is 16.0. The lowest BCUT2D eigenvalue weighted by Gasteiger charge is -2.14. The SMILES string of the molecule is C=C(C)COc1ccccc1NC(=O)COc1ccc(C(C)CC)cc1Br. The van der Waals surface area contributed by atoms with Crippen LogP contribution in [0.2, 0.25) is 0 Å². The first-order chi connectivity index (χ1) is 12.9. The van der Waals surface area contributed by atoms with Gasteiger partial charge in [-0.2, -0.15) is 0 Å². The molecule has 1 atom stereocenters. The fourth-order valence-corrected chi connectivity index (χ4v) is 2.91. The molecule has 144 valence electrons. The molecule has 0 bridgehead atoms. The highest BCUT2D eigenvalue weighted by Crippen LogP contribution is 2.30. The van der Waals surface area contributed by atoms with Gasteiger partial charge in [-0.15, -0.1) is 0 Å². The average Bonchev–Trinajstić information content (AvgIpc) is 2.65. The number of ether oxygens (including phenoxy) is 2. The monoisotopic (exact) mass is 431 g/mol. The second-order valence-electron chi connectivity index (χ2n) is 6.58. The summed E-state index contributed by atoms with van der Waals surface area (Å²) in [6.07, 6.45) is 1.07. The summed E-state index contributed by atoms with van der Waals surface area (Å²) >= 11 is 3.52. The van der Waals surface area contributed by atoms with Crippen LogP contribution in [0.1, 0.15) is 38.7 Å². The van der Waals surface area contributed by atoms with E-state index >= 15 is 0 Å². The lowest BCUT2D eigenvalue weighted by atomic mass is 9.99. The number of carbonyl (C=O) groups is 1. The minimum atomic E-state index is -0.251. The summed E-state index contributed by atoms with van der Waals surface area (Å²) in [4.78, 5) is 12.3. The molecule has 0 fully saturated rings. The molecule has 0 aromatic heterocycles. The van der Waals surface area contributed by atoms with Crippen molar-refractivity contribution in [2.45, 2.75) is 33.1 Å². The number of hydrogen-bond donors (Lipinski definition) is 1. The number of benzene rings is 2. The molecule has 0 saturated heterocycles. The molecule has 0 heterocycles. The molecular formula is C22H26BrNO3. The molecule has 0 saturated carbocycles. The van der Waals surface area contributed by atoms with Crippen LogP contribution in [0.3, 0.4) is 0 Å². The molecule has 0 aliphatic rings. The lowest BCUT2D eigenvalue weighted by Crippen LogP contribution is -2.20. The van der Waals surface area contributed by atoms with E-state index in [9.17, 15) is 4.79 Å². The molecule has 5 heteroatoms. The van der Waals surface area contributed by atoms with Gasteiger partial charge in [0.25, 0.3) is 5.91 Å². The second-order valence-corrected chi connectivity index (χ2v) is 7.43. The van der Waals surface area contributed by atoms with E-state index in [-0.39, 0.29) is 12.5 Å². The fourth-order valence-electron chi connectivity index (χ4n) is 2.40. The summed E-state index contributed by atoms with van der Waals surface area (Å²) < 4.78 is 12.2. The smallest absolute Gasteiger partial charge is 0.262 e. The Morgan fingerprint density at radius 3 is 2.52 bits per heavy atom. The van der Waals surface area contributed by atoms with Gasteiger partial charge in [0.2, 0.25) is 0 Å². The number of rotatable bonds is 9. The first kappa shape index (κ1) is 21.0. The molecule has 1 amide bonds. The van der Waals surface area contributed by atoms with Gasteiger partial charge in [0.05, 0.1) is 10.2 Å². The van der Waals surface area contributed by atoms with Crippen LogP contribution < -0.4 is 14.8 Å². The van der Waals surface area contributed by atoms with E-state index in [1.165, 1.54) is 5.56 Å². The van der Waals surface area contributed by atoms with Gasteiger partial charge in [0.15, 0.2) is 6.61 Å². The Bertz CT molecular complexity index is 804. The molecule has 2 rings (SSSR count). The number of halogens is 1. The van der Waals surface area contributed by atoms with Crippen molar-refractivity contribution in [1.82, 2.24) is 0 Å². The first-order valence-electron chi connectivity index (χ1n) is 8.99. The molecule has 0 aliphatic heterocycles. The van der Waals surface area contributed by atoms with Crippen molar-refractivity contribution >= 4 is 27.5 Å². The van der Waals surface area contributed by atoms with E-state index in [0.29, 0.717) is 29.7 Å². The molecule has 2 aromatic carbocycles. The van der Waals surface area contributed by atoms with Crippen LogP contribution in [0.5, 0.6) is 11.5 Å².